The molecule has 96 valence electrons. The smallest absolute Gasteiger partial charge is 0.0558 e. The monoisotopic (exact) mass is 248 g/mol. The minimum absolute atomic E-state index is 0. The van der Waals surface area contributed by atoms with Crippen LogP contribution in [-0.2, 0) is 0 Å². The third-order valence-corrected chi connectivity index (χ3v) is 4.10. The van der Waals surface area contributed by atoms with Gasteiger partial charge < -0.3 is 15.3 Å². The van der Waals surface area contributed by atoms with E-state index in [1.165, 1.54) is 51.9 Å². The molecule has 4 heteroatoms. The number of hydrogen-bond acceptors (Lipinski definition) is 3. The van der Waals surface area contributed by atoms with E-state index in [0.29, 0.717) is 6.61 Å². The lowest BCUT2D eigenvalue weighted by Crippen LogP contribution is -2.40. The summed E-state index contributed by atoms with van der Waals surface area (Å²) in [6.45, 7) is 6.05. The zero-order valence-electron chi connectivity index (χ0n) is 10.0. The van der Waals surface area contributed by atoms with E-state index < -0.39 is 0 Å². The molecule has 0 aromatic heterocycles. The predicted molar refractivity (Wildman–Crippen MR) is 69.1 cm³/mol. The number of likely N-dealkylation sites (tertiary alicyclic amines) is 1. The number of aliphatic hydroxyl groups is 1. The molecule has 0 aliphatic carbocycles. The summed E-state index contributed by atoms with van der Waals surface area (Å²) in [7, 11) is 0. The van der Waals surface area contributed by atoms with Gasteiger partial charge in [0.05, 0.1) is 6.61 Å². The number of nitrogens with zero attached hydrogens (tertiary/aromatic N) is 1. The summed E-state index contributed by atoms with van der Waals surface area (Å²) in [6, 6.07) is 0. The van der Waals surface area contributed by atoms with Gasteiger partial charge in [-0.3, -0.25) is 0 Å². The average Bonchev–Trinajstić information content (AvgIpc) is 2.32. The summed E-state index contributed by atoms with van der Waals surface area (Å²) < 4.78 is 0. The van der Waals surface area contributed by atoms with Crippen LogP contribution in [-0.4, -0.2) is 49.3 Å². The first-order chi connectivity index (χ1) is 7.40. The molecule has 3 nitrogen and oxygen atoms in total. The molecule has 0 amide bonds. The first-order valence-corrected chi connectivity index (χ1v) is 6.44. The zero-order valence-corrected chi connectivity index (χ0v) is 10.8. The molecule has 16 heavy (non-hydrogen) atoms. The third kappa shape index (κ3) is 3.88. The predicted octanol–water partition coefficient (Wildman–Crippen LogP) is 1.11. The summed E-state index contributed by atoms with van der Waals surface area (Å²) in [4.78, 5) is 2.40. The Bertz CT molecular complexity index is 178. The standard InChI is InChI=1S/C12H24N2O.ClH/c15-10-9-14-7-3-12(4-8-14)11-1-5-13-6-2-11;/h11-13,15H,1-10H2;1H. The van der Waals surface area contributed by atoms with E-state index in [2.05, 4.69) is 10.2 Å². The van der Waals surface area contributed by atoms with E-state index >= 15 is 0 Å². The second-order valence-electron chi connectivity index (χ2n) is 4.99. The molecule has 2 rings (SSSR count). The fraction of sp³-hybridized carbons (Fsp3) is 1.00. The highest BCUT2D eigenvalue weighted by Crippen LogP contribution is 2.30. The van der Waals surface area contributed by atoms with Gasteiger partial charge >= 0.3 is 0 Å². The molecule has 0 atom stereocenters. The maximum absolute atomic E-state index is 8.88. The number of nitrogens with one attached hydrogen (secondary N) is 1. The molecule has 2 N–H and O–H groups in total. The van der Waals surface area contributed by atoms with Gasteiger partial charge in [-0.15, -0.1) is 12.4 Å². The molecular weight excluding hydrogens is 224 g/mol. The van der Waals surface area contributed by atoms with Gasteiger partial charge in [-0.2, -0.15) is 0 Å². The molecule has 0 spiro atoms. The largest absolute Gasteiger partial charge is 0.395 e. The summed E-state index contributed by atoms with van der Waals surface area (Å²) >= 11 is 0. The van der Waals surface area contributed by atoms with Crippen molar-refractivity contribution in [1.29, 1.82) is 0 Å². The Kier molecular flexibility index (Phi) is 6.66. The van der Waals surface area contributed by atoms with Crippen LogP contribution in [0.15, 0.2) is 0 Å². The minimum Gasteiger partial charge on any atom is -0.395 e. The summed E-state index contributed by atoms with van der Waals surface area (Å²) in [5.74, 6) is 1.93. The van der Waals surface area contributed by atoms with E-state index in [-0.39, 0.29) is 12.4 Å². The number of aliphatic hydroxyl groups excluding tert-OH is 1. The topological polar surface area (TPSA) is 35.5 Å². The van der Waals surface area contributed by atoms with Crippen LogP contribution in [0.3, 0.4) is 0 Å². The SMILES string of the molecule is Cl.OCCN1CCC(C2CCNCC2)CC1. The lowest BCUT2D eigenvalue weighted by molar-refractivity contribution is 0.112. The molecule has 2 heterocycles. The van der Waals surface area contributed by atoms with Crippen LogP contribution in [0.1, 0.15) is 25.7 Å². The number of piperidine rings is 2. The van der Waals surface area contributed by atoms with Gasteiger partial charge in [0.25, 0.3) is 0 Å². The van der Waals surface area contributed by atoms with Crippen LogP contribution in [0.4, 0.5) is 0 Å². The Balaban J connectivity index is 0.00000128. The van der Waals surface area contributed by atoms with Crippen molar-refractivity contribution < 1.29 is 5.11 Å². The van der Waals surface area contributed by atoms with Gasteiger partial charge in [-0.1, -0.05) is 0 Å². The van der Waals surface area contributed by atoms with Crippen LogP contribution in [0, 0.1) is 11.8 Å². The van der Waals surface area contributed by atoms with Crippen molar-refractivity contribution in [1.82, 2.24) is 10.2 Å². The highest BCUT2D eigenvalue weighted by atomic mass is 35.5. The molecule has 0 saturated carbocycles. The van der Waals surface area contributed by atoms with E-state index in [4.69, 9.17) is 5.11 Å². The molecule has 2 aliphatic rings. The Morgan fingerprint density at radius 2 is 1.56 bits per heavy atom. The summed E-state index contributed by atoms with van der Waals surface area (Å²) in [5, 5.41) is 12.3. The van der Waals surface area contributed by atoms with Crippen molar-refractivity contribution in [2.24, 2.45) is 11.8 Å². The summed E-state index contributed by atoms with van der Waals surface area (Å²) in [5.41, 5.74) is 0. The molecule has 0 aromatic rings. The highest BCUT2D eigenvalue weighted by Gasteiger charge is 2.26. The Labute approximate surface area is 105 Å². The Morgan fingerprint density at radius 1 is 1.00 bits per heavy atom. The van der Waals surface area contributed by atoms with Gasteiger partial charge in [0.15, 0.2) is 0 Å². The molecule has 2 aliphatic heterocycles. The zero-order chi connectivity index (χ0) is 10.5. The van der Waals surface area contributed by atoms with Crippen molar-refractivity contribution in [3.8, 4) is 0 Å². The van der Waals surface area contributed by atoms with Crippen LogP contribution in [0.5, 0.6) is 0 Å². The van der Waals surface area contributed by atoms with Crippen molar-refractivity contribution in [2.75, 3.05) is 39.3 Å². The molecule has 2 saturated heterocycles. The molecule has 0 unspecified atom stereocenters. The first-order valence-electron chi connectivity index (χ1n) is 6.44. The van der Waals surface area contributed by atoms with E-state index in [0.717, 1.165) is 18.4 Å². The van der Waals surface area contributed by atoms with Crippen LogP contribution in [0.2, 0.25) is 0 Å². The van der Waals surface area contributed by atoms with Gasteiger partial charge in [-0.25, -0.2) is 0 Å². The van der Waals surface area contributed by atoms with Gasteiger partial charge in [0, 0.05) is 6.54 Å². The van der Waals surface area contributed by atoms with Crippen molar-refractivity contribution >= 4 is 12.4 Å². The van der Waals surface area contributed by atoms with E-state index in [9.17, 15) is 0 Å². The molecule has 0 bridgehead atoms. The lowest BCUT2D eigenvalue weighted by Gasteiger charge is -2.37. The third-order valence-electron chi connectivity index (χ3n) is 4.10. The number of hydrogen-bond donors (Lipinski definition) is 2. The number of rotatable bonds is 3. The maximum atomic E-state index is 8.88. The maximum Gasteiger partial charge on any atom is 0.0558 e. The number of halogens is 1. The van der Waals surface area contributed by atoms with E-state index in [1.807, 2.05) is 0 Å². The van der Waals surface area contributed by atoms with Gasteiger partial charge in [-0.05, 0) is 63.7 Å². The van der Waals surface area contributed by atoms with E-state index in [1.54, 1.807) is 0 Å². The van der Waals surface area contributed by atoms with Crippen molar-refractivity contribution in [2.45, 2.75) is 25.7 Å². The molecule has 0 aromatic carbocycles. The number of β-amino-alcohol motifs (C(OH)–C–C–N with tert-alkyl or cyclic N) is 1. The second kappa shape index (κ2) is 7.49. The van der Waals surface area contributed by atoms with Crippen molar-refractivity contribution in [3.05, 3.63) is 0 Å². The van der Waals surface area contributed by atoms with Gasteiger partial charge in [0.2, 0.25) is 0 Å². The van der Waals surface area contributed by atoms with Gasteiger partial charge in [0.1, 0.15) is 0 Å². The highest BCUT2D eigenvalue weighted by molar-refractivity contribution is 5.85. The van der Waals surface area contributed by atoms with Crippen LogP contribution in [0.25, 0.3) is 0 Å². The van der Waals surface area contributed by atoms with Crippen LogP contribution >= 0.6 is 12.4 Å². The van der Waals surface area contributed by atoms with Crippen LogP contribution < -0.4 is 5.32 Å². The molecule has 0 radical (unpaired) electrons. The first kappa shape index (κ1) is 14.2. The molecular formula is C12H25ClN2O. The second-order valence-corrected chi connectivity index (χ2v) is 4.99. The minimum atomic E-state index is 0. The fourth-order valence-electron chi connectivity index (χ4n) is 3.11. The average molecular weight is 249 g/mol. The normalized spacial score (nSPS) is 25.3. The fourth-order valence-corrected chi connectivity index (χ4v) is 3.11. The van der Waals surface area contributed by atoms with Crippen molar-refractivity contribution in [3.63, 3.8) is 0 Å². The quantitative estimate of drug-likeness (QED) is 0.786. The lowest BCUT2D eigenvalue weighted by atomic mass is 9.79. The Hall–Kier alpha value is 0.170. The molecule has 2 fully saturated rings. The Morgan fingerprint density at radius 3 is 2.12 bits per heavy atom. The summed E-state index contributed by atoms with van der Waals surface area (Å²) in [6.07, 6.45) is 5.46.